The summed E-state index contributed by atoms with van der Waals surface area (Å²) in [5.74, 6) is 4.39. The first kappa shape index (κ1) is 14.4. The number of ether oxygens (including phenoxy) is 1. The van der Waals surface area contributed by atoms with Gasteiger partial charge in [-0.25, -0.2) is 0 Å². The van der Waals surface area contributed by atoms with Crippen LogP contribution in [-0.4, -0.2) is 24.3 Å². The zero-order valence-electron chi connectivity index (χ0n) is 12.8. The van der Waals surface area contributed by atoms with Crippen molar-refractivity contribution < 1.29 is 14.6 Å². The van der Waals surface area contributed by atoms with Crippen LogP contribution >= 0.6 is 0 Å². The van der Waals surface area contributed by atoms with Gasteiger partial charge in [0.25, 0.3) is 0 Å². The normalized spacial score (nSPS) is 43.5. The average molecular weight is 280 g/mol. The Hall–Kier alpha value is -0.570. The fraction of sp³-hybridized carbons (Fsp3) is 0.941. The summed E-state index contributed by atoms with van der Waals surface area (Å²) in [5.41, 5.74) is 0. The molecule has 0 aliphatic heterocycles. The van der Waals surface area contributed by atoms with Crippen molar-refractivity contribution in [1.29, 1.82) is 0 Å². The lowest BCUT2D eigenvalue weighted by Crippen LogP contribution is -2.26. The number of rotatable bonds is 5. The van der Waals surface area contributed by atoms with Gasteiger partial charge in [-0.3, -0.25) is 4.79 Å². The van der Waals surface area contributed by atoms with E-state index in [0.717, 1.165) is 30.1 Å². The van der Waals surface area contributed by atoms with Crippen LogP contribution in [0.25, 0.3) is 0 Å². The fourth-order valence-corrected chi connectivity index (χ4v) is 5.18. The van der Waals surface area contributed by atoms with Gasteiger partial charge in [0, 0.05) is 6.61 Å². The predicted molar refractivity (Wildman–Crippen MR) is 76.9 cm³/mol. The molecule has 114 valence electrons. The molecule has 3 aliphatic rings. The molecule has 7 atom stereocenters. The number of hydrogen-bond acceptors (Lipinski definition) is 3. The molecule has 0 saturated heterocycles. The quantitative estimate of drug-likeness (QED) is 0.788. The highest BCUT2D eigenvalue weighted by Crippen LogP contribution is 2.62. The molecule has 1 N–H and O–H groups in total. The van der Waals surface area contributed by atoms with Gasteiger partial charge in [0.15, 0.2) is 0 Å². The third kappa shape index (κ3) is 2.38. The third-order valence-electron chi connectivity index (χ3n) is 6.41. The summed E-state index contributed by atoms with van der Waals surface area (Å²) in [5, 5.41) is 9.47. The molecule has 20 heavy (non-hydrogen) atoms. The van der Waals surface area contributed by atoms with E-state index in [0.29, 0.717) is 25.0 Å². The van der Waals surface area contributed by atoms with Crippen LogP contribution in [0.5, 0.6) is 0 Å². The van der Waals surface area contributed by atoms with Crippen LogP contribution in [0.4, 0.5) is 0 Å². The SMILES string of the molecule is CCC(C)C(=O)OCC1CC2C3CC(CO)C(C3)C2C1. The predicted octanol–water partition coefficient (Wildman–Crippen LogP) is 2.87. The number of aliphatic hydroxyl groups excluding tert-OH is 1. The summed E-state index contributed by atoms with van der Waals surface area (Å²) in [6.07, 6.45) is 5.91. The third-order valence-corrected chi connectivity index (χ3v) is 6.41. The van der Waals surface area contributed by atoms with Crippen molar-refractivity contribution in [3.05, 3.63) is 0 Å². The molecule has 0 heterocycles. The molecule has 0 spiro atoms. The van der Waals surface area contributed by atoms with E-state index in [4.69, 9.17) is 4.74 Å². The van der Waals surface area contributed by atoms with Crippen molar-refractivity contribution in [1.82, 2.24) is 0 Å². The van der Waals surface area contributed by atoms with E-state index in [2.05, 4.69) is 0 Å². The molecule has 2 bridgehead atoms. The lowest BCUT2D eigenvalue weighted by atomic mass is 9.76. The number of fused-ring (bicyclic) bond motifs is 5. The molecule has 7 unspecified atom stereocenters. The van der Waals surface area contributed by atoms with Crippen molar-refractivity contribution in [2.45, 2.75) is 46.0 Å². The highest BCUT2D eigenvalue weighted by molar-refractivity contribution is 5.71. The molecular weight excluding hydrogens is 252 g/mol. The van der Waals surface area contributed by atoms with E-state index >= 15 is 0 Å². The zero-order valence-corrected chi connectivity index (χ0v) is 12.8. The molecule has 3 nitrogen and oxygen atoms in total. The Bertz CT molecular complexity index is 365. The Kier molecular flexibility index (Phi) is 4.07. The second kappa shape index (κ2) is 5.67. The molecular formula is C17H28O3. The van der Waals surface area contributed by atoms with Gasteiger partial charge in [-0.15, -0.1) is 0 Å². The summed E-state index contributed by atoms with van der Waals surface area (Å²) in [4.78, 5) is 11.8. The minimum absolute atomic E-state index is 0.0271. The molecule has 3 saturated carbocycles. The molecule has 0 radical (unpaired) electrons. The second-order valence-electron chi connectivity index (χ2n) is 7.44. The van der Waals surface area contributed by atoms with Crippen molar-refractivity contribution in [2.75, 3.05) is 13.2 Å². The Morgan fingerprint density at radius 2 is 1.95 bits per heavy atom. The maximum absolute atomic E-state index is 11.8. The Morgan fingerprint density at radius 1 is 1.20 bits per heavy atom. The fourth-order valence-electron chi connectivity index (χ4n) is 5.18. The molecule has 0 aromatic carbocycles. The van der Waals surface area contributed by atoms with Gasteiger partial charge in [0.2, 0.25) is 0 Å². The van der Waals surface area contributed by atoms with E-state index in [1.165, 1.54) is 25.7 Å². The molecule has 3 fully saturated rings. The van der Waals surface area contributed by atoms with E-state index in [1.807, 2.05) is 13.8 Å². The number of esters is 1. The smallest absolute Gasteiger partial charge is 0.308 e. The van der Waals surface area contributed by atoms with Crippen LogP contribution in [0.15, 0.2) is 0 Å². The summed E-state index contributed by atoms with van der Waals surface area (Å²) in [6, 6.07) is 0. The number of carbonyl (C=O) groups excluding carboxylic acids is 1. The number of carbonyl (C=O) groups is 1. The van der Waals surface area contributed by atoms with Crippen molar-refractivity contribution in [3.63, 3.8) is 0 Å². The monoisotopic (exact) mass is 280 g/mol. The summed E-state index contributed by atoms with van der Waals surface area (Å²) < 4.78 is 5.50. The van der Waals surface area contributed by atoms with Crippen LogP contribution in [0.3, 0.4) is 0 Å². The topological polar surface area (TPSA) is 46.5 Å². The van der Waals surface area contributed by atoms with Gasteiger partial charge >= 0.3 is 5.97 Å². The van der Waals surface area contributed by atoms with Crippen molar-refractivity contribution in [2.24, 2.45) is 41.4 Å². The van der Waals surface area contributed by atoms with Gasteiger partial charge in [-0.2, -0.15) is 0 Å². The van der Waals surface area contributed by atoms with Crippen molar-refractivity contribution in [3.8, 4) is 0 Å². The highest BCUT2D eigenvalue weighted by Gasteiger charge is 2.55. The van der Waals surface area contributed by atoms with E-state index < -0.39 is 0 Å². The maximum Gasteiger partial charge on any atom is 0.308 e. The molecule has 3 aliphatic carbocycles. The van der Waals surface area contributed by atoms with Crippen LogP contribution in [0, 0.1) is 41.4 Å². The first-order valence-corrected chi connectivity index (χ1v) is 8.41. The largest absolute Gasteiger partial charge is 0.465 e. The summed E-state index contributed by atoms with van der Waals surface area (Å²) >= 11 is 0. The Balaban J connectivity index is 1.50. The minimum Gasteiger partial charge on any atom is -0.465 e. The molecule has 0 aromatic rings. The zero-order chi connectivity index (χ0) is 14.3. The van der Waals surface area contributed by atoms with Crippen LogP contribution < -0.4 is 0 Å². The minimum atomic E-state index is -0.0271. The van der Waals surface area contributed by atoms with Gasteiger partial charge in [-0.1, -0.05) is 13.8 Å². The van der Waals surface area contributed by atoms with Crippen LogP contribution in [0.1, 0.15) is 46.0 Å². The van der Waals surface area contributed by atoms with Gasteiger partial charge in [0.1, 0.15) is 0 Å². The molecule has 0 aromatic heterocycles. The van der Waals surface area contributed by atoms with Gasteiger partial charge < -0.3 is 9.84 Å². The van der Waals surface area contributed by atoms with Crippen LogP contribution in [-0.2, 0) is 9.53 Å². The second-order valence-corrected chi connectivity index (χ2v) is 7.44. The highest BCUT2D eigenvalue weighted by atomic mass is 16.5. The molecule has 3 rings (SSSR count). The lowest BCUT2D eigenvalue weighted by Gasteiger charge is -2.30. The van der Waals surface area contributed by atoms with Crippen molar-refractivity contribution >= 4 is 5.97 Å². The maximum atomic E-state index is 11.8. The van der Waals surface area contributed by atoms with E-state index in [9.17, 15) is 9.90 Å². The van der Waals surface area contributed by atoms with E-state index in [1.54, 1.807) is 0 Å². The molecule has 0 amide bonds. The standard InChI is InChI=1S/C17H28O3/c1-3-10(2)17(19)20-9-11-4-14-12-6-13(8-18)15(7-12)16(14)5-11/h10-16,18H,3-9H2,1-2H3. The van der Waals surface area contributed by atoms with Gasteiger partial charge in [0.05, 0.1) is 12.5 Å². The van der Waals surface area contributed by atoms with Gasteiger partial charge in [-0.05, 0) is 67.6 Å². The lowest BCUT2D eigenvalue weighted by molar-refractivity contribution is -0.149. The Morgan fingerprint density at radius 3 is 2.65 bits per heavy atom. The van der Waals surface area contributed by atoms with E-state index in [-0.39, 0.29) is 11.9 Å². The molecule has 3 heteroatoms. The first-order valence-electron chi connectivity index (χ1n) is 8.41. The van der Waals surface area contributed by atoms with Crippen LogP contribution in [0.2, 0.25) is 0 Å². The summed E-state index contributed by atoms with van der Waals surface area (Å²) in [7, 11) is 0. The Labute approximate surface area is 122 Å². The average Bonchev–Trinajstić information content (AvgIpc) is 3.13. The summed E-state index contributed by atoms with van der Waals surface area (Å²) in [6.45, 7) is 4.97. The number of hydrogen-bond donors (Lipinski definition) is 1. The number of aliphatic hydroxyl groups is 1. The first-order chi connectivity index (χ1) is 9.63.